The van der Waals surface area contributed by atoms with Crippen LogP contribution in [0, 0.1) is 12.8 Å². The van der Waals surface area contributed by atoms with Crippen molar-refractivity contribution in [1.82, 2.24) is 4.98 Å². The van der Waals surface area contributed by atoms with Gasteiger partial charge in [-0.15, -0.1) is 0 Å². The largest absolute Gasteiger partial charge is 0.495 e. The molecule has 0 spiro atoms. The molecule has 0 aliphatic carbocycles. The fourth-order valence-corrected chi connectivity index (χ4v) is 3.28. The highest BCUT2D eigenvalue weighted by molar-refractivity contribution is 6.31. The summed E-state index contributed by atoms with van der Waals surface area (Å²) in [6, 6.07) is 7.31. The number of aromatic nitrogens is 1. The lowest BCUT2D eigenvalue weighted by atomic mass is 9.99. The molecule has 0 unspecified atom stereocenters. The van der Waals surface area contributed by atoms with Gasteiger partial charge in [-0.05, 0) is 49.4 Å². The van der Waals surface area contributed by atoms with Gasteiger partial charge in [-0.1, -0.05) is 18.5 Å². The maximum Gasteiger partial charge on any atom is 0.274 e. The second-order valence-corrected chi connectivity index (χ2v) is 7.23. The number of methoxy groups -OCH3 is 1. The smallest absolute Gasteiger partial charge is 0.274 e. The highest BCUT2D eigenvalue weighted by Gasteiger charge is 2.18. The van der Waals surface area contributed by atoms with Gasteiger partial charge in [-0.3, -0.25) is 9.78 Å². The molecule has 138 valence electrons. The van der Waals surface area contributed by atoms with E-state index in [9.17, 15) is 4.79 Å². The molecule has 0 saturated carbocycles. The molecule has 2 heterocycles. The summed E-state index contributed by atoms with van der Waals surface area (Å²) in [6.45, 7) is 6.19. The van der Waals surface area contributed by atoms with Crippen molar-refractivity contribution in [3.8, 4) is 5.75 Å². The highest BCUT2D eigenvalue weighted by atomic mass is 35.5. The van der Waals surface area contributed by atoms with Gasteiger partial charge in [0, 0.05) is 36.1 Å². The SMILES string of the molecule is COc1cc(Cl)c(C)cc1NC(=O)c1cc(N2CCC(C)CC2)ccn1. The number of piperidine rings is 1. The number of hydrogen-bond acceptors (Lipinski definition) is 4. The number of halogens is 1. The van der Waals surface area contributed by atoms with Crippen LogP contribution in [0.2, 0.25) is 5.02 Å². The third-order valence-electron chi connectivity index (χ3n) is 4.85. The van der Waals surface area contributed by atoms with Gasteiger partial charge in [-0.25, -0.2) is 0 Å². The van der Waals surface area contributed by atoms with Gasteiger partial charge in [0.2, 0.25) is 0 Å². The summed E-state index contributed by atoms with van der Waals surface area (Å²) in [7, 11) is 1.55. The monoisotopic (exact) mass is 373 g/mol. The van der Waals surface area contributed by atoms with Gasteiger partial charge < -0.3 is 15.0 Å². The summed E-state index contributed by atoms with van der Waals surface area (Å²) >= 11 is 6.12. The Bertz CT molecular complexity index is 802. The number of rotatable bonds is 4. The average molecular weight is 374 g/mol. The van der Waals surface area contributed by atoms with Crippen LogP contribution in [0.5, 0.6) is 5.75 Å². The zero-order valence-electron chi connectivity index (χ0n) is 15.4. The number of anilines is 2. The molecule has 1 aliphatic heterocycles. The fraction of sp³-hybridized carbons (Fsp3) is 0.400. The number of ether oxygens (including phenoxy) is 1. The second-order valence-electron chi connectivity index (χ2n) is 6.82. The van der Waals surface area contributed by atoms with Crippen molar-refractivity contribution >= 4 is 28.9 Å². The number of hydrogen-bond donors (Lipinski definition) is 1. The minimum absolute atomic E-state index is 0.266. The van der Waals surface area contributed by atoms with Crippen molar-refractivity contribution in [3.63, 3.8) is 0 Å². The number of amides is 1. The molecule has 1 fully saturated rings. The predicted molar refractivity (Wildman–Crippen MR) is 106 cm³/mol. The molecule has 0 radical (unpaired) electrons. The lowest BCUT2D eigenvalue weighted by Gasteiger charge is -2.32. The van der Waals surface area contributed by atoms with Gasteiger partial charge in [0.1, 0.15) is 11.4 Å². The van der Waals surface area contributed by atoms with Crippen LogP contribution in [0.15, 0.2) is 30.5 Å². The van der Waals surface area contributed by atoms with Gasteiger partial charge in [-0.2, -0.15) is 0 Å². The lowest BCUT2D eigenvalue weighted by molar-refractivity contribution is 0.102. The maximum absolute atomic E-state index is 12.7. The molecule has 1 amide bonds. The van der Waals surface area contributed by atoms with E-state index in [2.05, 4.69) is 22.1 Å². The molecule has 3 rings (SSSR count). The Labute approximate surface area is 159 Å². The van der Waals surface area contributed by atoms with Crippen LogP contribution in [-0.4, -0.2) is 31.1 Å². The van der Waals surface area contributed by atoms with Crippen LogP contribution in [-0.2, 0) is 0 Å². The minimum Gasteiger partial charge on any atom is -0.495 e. The summed E-state index contributed by atoms with van der Waals surface area (Å²) in [5.41, 5.74) is 2.87. The van der Waals surface area contributed by atoms with E-state index in [1.54, 1.807) is 25.4 Å². The van der Waals surface area contributed by atoms with Crippen molar-refractivity contribution in [2.24, 2.45) is 5.92 Å². The highest BCUT2D eigenvalue weighted by Crippen LogP contribution is 2.31. The molecular formula is C20H24ClN3O2. The van der Waals surface area contributed by atoms with Crippen molar-refractivity contribution in [2.45, 2.75) is 26.7 Å². The van der Waals surface area contributed by atoms with Crippen molar-refractivity contribution in [1.29, 1.82) is 0 Å². The number of carbonyl (C=O) groups excluding carboxylic acids is 1. The van der Waals surface area contributed by atoms with Crippen molar-refractivity contribution in [3.05, 3.63) is 46.7 Å². The van der Waals surface area contributed by atoms with E-state index in [1.165, 1.54) is 12.8 Å². The molecule has 1 aliphatic rings. The standard InChI is InChI=1S/C20H24ClN3O2/c1-13-5-8-24(9-6-13)15-4-7-22-18(11-15)20(25)23-17-10-14(2)16(21)12-19(17)26-3/h4,7,10-13H,5-6,8-9H2,1-3H3,(H,23,25). The molecule has 6 heteroatoms. The quantitative estimate of drug-likeness (QED) is 0.854. The molecule has 1 saturated heterocycles. The summed E-state index contributed by atoms with van der Waals surface area (Å²) in [6.07, 6.45) is 4.03. The van der Waals surface area contributed by atoms with Crippen LogP contribution in [0.1, 0.15) is 35.8 Å². The predicted octanol–water partition coefficient (Wildman–Crippen LogP) is 4.54. The summed E-state index contributed by atoms with van der Waals surface area (Å²) in [5.74, 6) is 1.02. The molecule has 2 aromatic rings. The number of benzene rings is 1. The van der Waals surface area contributed by atoms with Gasteiger partial charge in [0.25, 0.3) is 5.91 Å². The van der Waals surface area contributed by atoms with E-state index < -0.39 is 0 Å². The third-order valence-corrected chi connectivity index (χ3v) is 5.26. The van der Waals surface area contributed by atoms with E-state index in [-0.39, 0.29) is 5.91 Å². The zero-order valence-corrected chi connectivity index (χ0v) is 16.1. The van der Waals surface area contributed by atoms with E-state index in [0.29, 0.717) is 22.2 Å². The second kappa shape index (κ2) is 7.96. The van der Waals surface area contributed by atoms with Crippen LogP contribution in [0.4, 0.5) is 11.4 Å². The number of aryl methyl sites for hydroxylation is 1. The molecule has 1 aromatic heterocycles. The Morgan fingerprint density at radius 1 is 1.31 bits per heavy atom. The van der Waals surface area contributed by atoms with E-state index in [0.717, 1.165) is 30.3 Å². The topological polar surface area (TPSA) is 54.5 Å². The molecule has 0 bridgehead atoms. The first-order chi connectivity index (χ1) is 12.5. The zero-order chi connectivity index (χ0) is 18.7. The summed E-state index contributed by atoms with van der Waals surface area (Å²) in [4.78, 5) is 19.2. The molecule has 1 N–H and O–H groups in total. The maximum atomic E-state index is 12.7. The Morgan fingerprint density at radius 3 is 2.73 bits per heavy atom. The Balaban J connectivity index is 1.78. The molecule has 26 heavy (non-hydrogen) atoms. The van der Waals surface area contributed by atoms with E-state index in [4.69, 9.17) is 16.3 Å². The Kier molecular flexibility index (Phi) is 5.67. The number of carbonyl (C=O) groups is 1. The van der Waals surface area contributed by atoms with Gasteiger partial charge >= 0.3 is 0 Å². The first-order valence-electron chi connectivity index (χ1n) is 8.84. The van der Waals surface area contributed by atoms with Crippen molar-refractivity contribution < 1.29 is 9.53 Å². The van der Waals surface area contributed by atoms with Crippen LogP contribution >= 0.6 is 11.6 Å². The molecule has 5 nitrogen and oxygen atoms in total. The summed E-state index contributed by atoms with van der Waals surface area (Å²) in [5, 5.41) is 3.48. The molecule has 1 aromatic carbocycles. The number of pyridine rings is 1. The molecular weight excluding hydrogens is 350 g/mol. The van der Waals surface area contributed by atoms with Gasteiger partial charge in [0.05, 0.1) is 12.8 Å². The average Bonchev–Trinajstić information content (AvgIpc) is 2.65. The normalized spacial score (nSPS) is 15.0. The van der Waals surface area contributed by atoms with Crippen LogP contribution in [0.25, 0.3) is 0 Å². The number of nitrogens with one attached hydrogen (secondary N) is 1. The Hall–Kier alpha value is -2.27. The minimum atomic E-state index is -0.266. The molecule has 0 atom stereocenters. The lowest BCUT2D eigenvalue weighted by Crippen LogP contribution is -2.33. The van der Waals surface area contributed by atoms with Crippen LogP contribution in [0.3, 0.4) is 0 Å². The van der Waals surface area contributed by atoms with E-state index >= 15 is 0 Å². The fourth-order valence-electron chi connectivity index (χ4n) is 3.12. The van der Waals surface area contributed by atoms with Crippen molar-refractivity contribution in [2.75, 3.05) is 30.4 Å². The van der Waals surface area contributed by atoms with Gasteiger partial charge in [0.15, 0.2) is 0 Å². The summed E-state index contributed by atoms with van der Waals surface area (Å²) < 4.78 is 5.32. The first-order valence-corrected chi connectivity index (χ1v) is 9.22. The first kappa shape index (κ1) is 18.5. The van der Waals surface area contributed by atoms with Crippen LogP contribution < -0.4 is 15.0 Å². The Morgan fingerprint density at radius 2 is 2.04 bits per heavy atom. The number of nitrogens with zero attached hydrogens (tertiary/aromatic N) is 2. The van der Waals surface area contributed by atoms with E-state index in [1.807, 2.05) is 19.1 Å². The third kappa shape index (κ3) is 4.10.